The van der Waals surface area contributed by atoms with Gasteiger partial charge in [0, 0.05) is 18.3 Å². The monoisotopic (exact) mass is 226 g/mol. The first-order valence-electron chi connectivity index (χ1n) is 5.01. The lowest BCUT2D eigenvalue weighted by molar-refractivity contribution is -0.119. The maximum Gasteiger partial charge on any atom is 0.239 e. The maximum atomic E-state index is 13.3. The van der Waals surface area contributed by atoms with Crippen molar-refractivity contribution < 1.29 is 13.9 Å². The number of likely N-dealkylation sites (N-methyl/N-ethyl adjacent to an activating group) is 1. The molecule has 1 rings (SSSR count). The van der Waals surface area contributed by atoms with E-state index in [-0.39, 0.29) is 18.2 Å². The highest BCUT2D eigenvalue weighted by atomic mass is 19.1. The Balaban J connectivity index is 2.55. The zero-order valence-corrected chi connectivity index (χ0v) is 9.34. The molecule has 0 aliphatic rings. The number of halogens is 1. The predicted octanol–water partition coefficient (Wildman–Crippen LogP) is 1.38. The molecule has 88 valence electrons. The fraction of sp³-hybridized carbons (Fsp3) is 0.364. The van der Waals surface area contributed by atoms with Crippen LogP contribution in [-0.4, -0.2) is 26.1 Å². The predicted molar refractivity (Wildman–Crippen MR) is 60.1 cm³/mol. The number of ether oxygens (including phenoxy) is 1. The van der Waals surface area contributed by atoms with Crippen molar-refractivity contribution >= 4 is 11.6 Å². The Hall–Kier alpha value is -1.78. The summed E-state index contributed by atoms with van der Waals surface area (Å²) in [5, 5.41) is 5.45. The summed E-state index contributed by atoms with van der Waals surface area (Å²) in [5.41, 5.74) is 0.546. The van der Waals surface area contributed by atoms with Crippen LogP contribution in [0.15, 0.2) is 18.2 Å². The summed E-state index contributed by atoms with van der Waals surface area (Å²) in [6.07, 6.45) is 0. The third kappa shape index (κ3) is 3.42. The number of hydrogen-bond donors (Lipinski definition) is 2. The minimum absolute atomic E-state index is 0.125. The quantitative estimate of drug-likeness (QED) is 0.797. The van der Waals surface area contributed by atoms with Crippen molar-refractivity contribution in [2.24, 2.45) is 0 Å². The SMILES string of the molecule is CCNC(=O)CNc1ccc(OC)c(F)c1. The molecular formula is C11H15FN2O2. The second-order valence-electron chi connectivity index (χ2n) is 3.16. The van der Waals surface area contributed by atoms with Gasteiger partial charge in [0.25, 0.3) is 0 Å². The smallest absolute Gasteiger partial charge is 0.239 e. The molecule has 0 unspecified atom stereocenters. The summed E-state index contributed by atoms with van der Waals surface area (Å²) in [4.78, 5) is 11.1. The van der Waals surface area contributed by atoms with E-state index in [4.69, 9.17) is 4.74 Å². The molecule has 0 aliphatic carbocycles. The molecule has 0 saturated heterocycles. The molecular weight excluding hydrogens is 211 g/mol. The standard InChI is InChI=1S/C11H15FN2O2/c1-3-13-11(15)7-14-8-4-5-10(16-2)9(12)6-8/h4-6,14H,3,7H2,1-2H3,(H,13,15). The van der Waals surface area contributed by atoms with Crippen LogP contribution in [0.5, 0.6) is 5.75 Å². The number of benzene rings is 1. The van der Waals surface area contributed by atoms with E-state index in [1.807, 2.05) is 6.92 Å². The number of amides is 1. The van der Waals surface area contributed by atoms with Crippen LogP contribution in [-0.2, 0) is 4.79 Å². The average molecular weight is 226 g/mol. The van der Waals surface area contributed by atoms with Gasteiger partial charge < -0.3 is 15.4 Å². The van der Waals surface area contributed by atoms with Gasteiger partial charge in [-0.05, 0) is 19.1 Å². The Kier molecular flexibility index (Phi) is 4.57. The summed E-state index contributed by atoms with van der Waals surface area (Å²) in [7, 11) is 1.40. The van der Waals surface area contributed by atoms with Gasteiger partial charge >= 0.3 is 0 Å². The molecule has 0 aromatic heterocycles. The minimum atomic E-state index is -0.455. The lowest BCUT2D eigenvalue weighted by Gasteiger charge is -2.08. The number of rotatable bonds is 5. The number of nitrogens with one attached hydrogen (secondary N) is 2. The Labute approximate surface area is 93.8 Å². The lowest BCUT2D eigenvalue weighted by atomic mass is 10.3. The third-order valence-corrected chi connectivity index (χ3v) is 1.98. The molecule has 2 N–H and O–H groups in total. The van der Waals surface area contributed by atoms with Crippen molar-refractivity contribution in [3.05, 3.63) is 24.0 Å². The largest absolute Gasteiger partial charge is 0.494 e. The van der Waals surface area contributed by atoms with Gasteiger partial charge in [-0.25, -0.2) is 4.39 Å². The van der Waals surface area contributed by atoms with Gasteiger partial charge in [-0.1, -0.05) is 0 Å². The van der Waals surface area contributed by atoms with Gasteiger partial charge in [-0.2, -0.15) is 0 Å². The highest BCUT2D eigenvalue weighted by molar-refractivity contribution is 5.80. The van der Waals surface area contributed by atoms with Crippen molar-refractivity contribution in [3.8, 4) is 5.75 Å². The third-order valence-electron chi connectivity index (χ3n) is 1.98. The molecule has 0 fully saturated rings. The Morgan fingerprint density at radius 3 is 2.81 bits per heavy atom. The number of methoxy groups -OCH3 is 1. The number of carbonyl (C=O) groups is 1. The van der Waals surface area contributed by atoms with Crippen LogP contribution >= 0.6 is 0 Å². The van der Waals surface area contributed by atoms with E-state index < -0.39 is 5.82 Å². The molecule has 5 heteroatoms. The first kappa shape index (κ1) is 12.3. The number of hydrogen-bond acceptors (Lipinski definition) is 3. The molecule has 0 atom stereocenters. The van der Waals surface area contributed by atoms with E-state index in [0.29, 0.717) is 12.2 Å². The highest BCUT2D eigenvalue weighted by Crippen LogP contribution is 2.20. The van der Waals surface area contributed by atoms with Gasteiger partial charge in [-0.3, -0.25) is 4.79 Å². The Bertz CT molecular complexity index is 369. The first-order chi connectivity index (χ1) is 7.67. The Morgan fingerprint density at radius 1 is 1.50 bits per heavy atom. The van der Waals surface area contributed by atoms with Crippen molar-refractivity contribution in [3.63, 3.8) is 0 Å². The second kappa shape index (κ2) is 5.95. The molecule has 0 heterocycles. The van der Waals surface area contributed by atoms with E-state index in [0.717, 1.165) is 0 Å². The van der Waals surface area contributed by atoms with Crippen molar-refractivity contribution in [2.75, 3.05) is 25.5 Å². The van der Waals surface area contributed by atoms with Gasteiger partial charge in [0.1, 0.15) is 0 Å². The van der Waals surface area contributed by atoms with Gasteiger partial charge in [-0.15, -0.1) is 0 Å². The summed E-state index contributed by atoms with van der Waals surface area (Å²) in [5.74, 6) is -0.398. The van der Waals surface area contributed by atoms with Gasteiger partial charge in [0.15, 0.2) is 11.6 Å². The molecule has 1 aromatic carbocycles. The zero-order valence-electron chi connectivity index (χ0n) is 9.34. The summed E-state index contributed by atoms with van der Waals surface area (Å²) < 4.78 is 18.0. The summed E-state index contributed by atoms with van der Waals surface area (Å²) >= 11 is 0. The lowest BCUT2D eigenvalue weighted by Crippen LogP contribution is -2.29. The second-order valence-corrected chi connectivity index (χ2v) is 3.16. The van der Waals surface area contributed by atoms with Crippen LogP contribution in [0.2, 0.25) is 0 Å². The van der Waals surface area contributed by atoms with Crippen LogP contribution in [0.25, 0.3) is 0 Å². The highest BCUT2D eigenvalue weighted by Gasteiger charge is 2.04. The van der Waals surface area contributed by atoms with Gasteiger partial charge in [0.05, 0.1) is 13.7 Å². The average Bonchev–Trinajstić information content (AvgIpc) is 2.27. The molecule has 0 spiro atoms. The van der Waals surface area contributed by atoms with E-state index in [2.05, 4.69) is 10.6 Å². The molecule has 1 amide bonds. The van der Waals surface area contributed by atoms with Crippen LogP contribution in [0.3, 0.4) is 0 Å². The van der Waals surface area contributed by atoms with E-state index >= 15 is 0 Å². The van der Waals surface area contributed by atoms with Crippen LogP contribution in [0, 0.1) is 5.82 Å². The Morgan fingerprint density at radius 2 is 2.25 bits per heavy atom. The number of anilines is 1. The van der Waals surface area contributed by atoms with Crippen molar-refractivity contribution in [2.45, 2.75) is 6.92 Å². The first-order valence-corrected chi connectivity index (χ1v) is 5.01. The molecule has 0 bridgehead atoms. The fourth-order valence-corrected chi connectivity index (χ4v) is 1.22. The zero-order chi connectivity index (χ0) is 12.0. The van der Waals surface area contributed by atoms with Crippen LogP contribution in [0.4, 0.5) is 10.1 Å². The van der Waals surface area contributed by atoms with Crippen molar-refractivity contribution in [1.82, 2.24) is 5.32 Å². The number of carbonyl (C=O) groups excluding carboxylic acids is 1. The van der Waals surface area contributed by atoms with Crippen LogP contribution < -0.4 is 15.4 Å². The van der Waals surface area contributed by atoms with Gasteiger partial charge in [0.2, 0.25) is 5.91 Å². The summed E-state index contributed by atoms with van der Waals surface area (Å²) in [6, 6.07) is 4.45. The molecule has 16 heavy (non-hydrogen) atoms. The molecule has 0 radical (unpaired) electrons. The normalized spacial score (nSPS) is 9.69. The van der Waals surface area contributed by atoms with Crippen molar-refractivity contribution in [1.29, 1.82) is 0 Å². The fourth-order valence-electron chi connectivity index (χ4n) is 1.22. The molecule has 4 nitrogen and oxygen atoms in total. The topological polar surface area (TPSA) is 50.4 Å². The summed E-state index contributed by atoms with van der Waals surface area (Å²) in [6.45, 7) is 2.54. The van der Waals surface area contributed by atoms with E-state index in [9.17, 15) is 9.18 Å². The maximum absolute atomic E-state index is 13.3. The molecule has 0 aliphatic heterocycles. The van der Waals surface area contributed by atoms with E-state index in [1.54, 1.807) is 6.07 Å². The molecule has 0 saturated carbocycles. The minimum Gasteiger partial charge on any atom is -0.494 e. The molecule has 1 aromatic rings. The van der Waals surface area contributed by atoms with E-state index in [1.165, 1.54) is 19.2 Å². The van der Waals surface area contributed by atoms with Crippen LogP contribution in [0.1, 0.15) is 6.92 Å².